The third-order valence-corrected chi connectivity index (χ3v) is 2.43. The number of fused-ring (bicyclic) bond motifs is 1. The zero-order chi connectivity index (χ0) is 13.7. The average Bonchev–Trinajstić information content (AvgIpc) is 2.70. The van der Waals surface area contributed by atoms with Crippen molar-refractivity contribution in [2.45, 2.75) is 34.2 Å². The molecule has 0 spiro atoms. The normalized spacial score (nSPS) is 13.0. The van der Waals surface area contributed by atoms with Gasteiger partial charge in [-0.05, 0) is 13.8 Å². The van der Waals surface area contributed by atoms with Crippen LogP contribution in [-0.2, 0) is 11.3 Å². The molecule has 0 aromatic carbocycles. The molecule has 1 aliphatic heterocycles. The van der Waals surface area contributed by atoms with Crippen LogP contribution in [0.5, 0.6) is 0 Å². The van der Waals surface area contributed by atoms with Crippen molar-refractivity contribution < 1.29 is 14.3 Å². The van der Waals surface area contributed by atoms with Crippen LogP contribution < -0.4 is 5.32 Å². The van der Waals surface area contributed by atoms with Crippen LogP contribution in [0.25, 0.3) is 0 Å². The Balaban J connectivity index is 0.000000771. The summed E-state index contributed by atoms with van der Waals surface area (Å²) in [6, 6.07) is 0. The van der Waals surface area contributed by atoms with Crippen LogP contribution in [0.2, 0.25) is 0 Å². The van der Waals surface area contributed by atoms with Crippen LogP contribution in [0.15, 0.2) is 0 Å². The molecule has 1 aromatic heterocycles. The molecule has 2 heterocycles. The maximum atomic E-state index is 11.7. The van der Waals surface area contributed by atoms with Crippen molar-refractivity contribution in [3.8, 4) is 0 Å². The van der Waals surface area contributed by atoms with E-state index in [-0.39, 0.29) is 18.1 Å². The first kappa shape index (κ1) is 14.2. The molecule has 0 radical (unpaired) electrons. The summed E-state index contributed by atoms with van der Waals surface area (Å²) in [5.74, 6) is -0.756. The van der Waals surface area contributed by atoms with E-state index < -0.39 is 5.97 Å². The highest BCUT2D eigenvalue weighted by Crippen LogP contribution is 2.17. The lowest BCUT2D eigenvalue weighted by Gasteiger charge is -2.14. The van der Waals surface area contributed by atoms with Gasteiger partial charge in [-0.1, -0.05) is 13.8 Å². The Morgan fingerprint density at radius 2 is 2.17 bits per heavy atom. The molecule has 0 saturated heterocycles. The van der Waals surface area contributed by atoms with E-state index >= 15 is 0 Å². The number of nitrogens with zero attached hydrogens (tertiary/aromatic N) is 2. The van der Waals surface area contributed by atoms with E-state index in [2.05, 4.69) is 10.4 Å². The Kier molecular flexibility index (Phi) is 4.88. The van der Waals surface area contributed by atoms with Crippen molar-refractivity contribution in [3.63, 3.8) is 0 Å². The fraction of sp³-hybridized carbons (Fsp3) is 0.583. The van der Waals surface area contributed by atoms with E-state index in [1.165, 1.54) is 0 Å². The smallest absolute Gasteiger partial charge is 0.342 e. The quantitative estimate of drug-likeness (QED) is 0.802. The van der Waals surface area contributed by atoms with E-state index in [1.54, 1.807) is 18.5 Å². The summed E-state index contributed by atoms with van der Waals surface area (Å²) in [6.07, 6.45) is 0. The van der Waals surface area contributed by atoms with Gasteiger partial charge in [0.05, 0.1) is 18.8 Å². The summed E-state index contributed by atoms with van der Waals surface area (Å²) < 4.78 is 6.47. The number of hydrogen-bond acceptors (Lipinski definition) is 4. The van der Waals surface area contributed by atoms with Gasteiger partial charge in [-0.2, -0.15) is 5.10 Å². The van der Waals surface area contributed by atoms with Crippen LogP contribution in [0.3, 0.4) is 0 Å². The average molecular weight is 253 g/mol. The number of carbonyl (C=O) groups is 2. The van der Waals surface area contributed by atoms with Gasteiger partial charge < -0.3 is 10.1 Å². The van der Waals surface area contributed by atoms with Gasteiger partial charge in [0.25, 0.3) is 5.91 Å². The second kappa shape index (κ2) is 6.18. The minimum absolute atomic E-state index is 0.269. The van der Waals surface area contributed by atoms with Crippen LogP contribution in [-0.4, -0.2) is 34.8 Å². The molecule has 2 rings (SSSR count). The van der Waals surface area contributed by atoms with Crippen molar-refractivity contribution in [2.75, 3.05) is 13.2 Å². The number of ether oxygens (including phenoxy) is 1. The molecule has 0 fully saturated rings. The molecule has 1 amide bonds. The first-order valence-electron chi connectivity index (χ1n) is 6.18. The van der Waals surface area contributed by atoms with Crippen molar-refractivity contribution in [1.29, 1.82) is 0 Å². The number of aromatic nitrogens is 2. The molecule has 1 N–H and O–H groups in total. The topological polar surface area (TPSA) is 73.2 Å². The zero-order valence-corrected chi connectivity index (χ0v) is 11.2. The fourth-order valence-electron chi connectivity index (χ4n) is 1.78. The first-order chi connectivity index (χ1) is 8.65. The monoisotopic (exact) mass is 253 g/mol. The van der Waals surface area contributed by atoms with Crippen LogP contribution in [0.4, 0.5) is 0 Å². The van der Waals surface area contributed by atoms with Gasteiger partial charge in [0, 0.05) is 6.54 Å². The zero-order valence-electron chi connectivity index (χ0n) is 11.2. The number of nitrogens with one attached hydrogen (secondary N) is 1. The van der Waals surface area contributed by atoms with Crippen LogP contribution in [0.1, 0.15) is 47.3 Å². The van der Waals surface area contributed by atoms with Crippen molar-refractivity contribution in [3.05, 3.63) is 17.0 Å². The third-order valence-electron chi connectivity index (χ3n) is 2.43. The number of aryl methyl sites for hydroxylation is 1. The SMILES string of the molecule is CC.CCOC(=O)c1c(C)nn2c1C(=O)NCC2. The van der Waals surface area contributed by atoms with Gasteiger partial charge in [-0.15, -0.1) is 0 Å². The largest absolute Gasteiger partial charge is 0.462 e. The van der Waals surface area contributed by atoms with E-state index in [9.17, 15) is 9.59 Å². The second-order valence-electron chi connectivity index (χ2n) is 3.51. The third kappa shape index (κ3) is 2.52. The van der Waals surface area contributed by atoms with E-state index in [0.29, 0.717) is 24.5 Å². The summed E-state index contributed by atoms with van der Waals surface area (Å²) in [5.41, 5.74) is 1.12. The minimum atomic E-state index is -0.488. The van der Waals surface area contributed by atoms with Gasteiger partial charge in [-0.25, -0.2) is 4.79 Å². The predicted molar refractivity (Wildman–Crippen MR) is 66.6 cm³/mol. The molecule has 18 heavy (non-hydrogen) atoms. The minimum Gasteiger partial charge on any atom is -0.462 e. The molecule has 0 bridgehead atoms. The Hall–Kier alpha value is -1.85. The Labute approximate surface area is 106 Å². The Bertz CT molecular complexity index is 452. The molecule has 6 heteroatoms. The molecule has 100 valence electrons. The lowest BCUT2D eigenvalue weighted by molar-refractivity contribution is 0.0521. The van der Waals surface area contributed by atoms with E-state index in [4.69, 9.17) is 4.74 Å². The van der Waals surface area contributed by atoms with Gasteiger partial charge in [0.15, 0.2) is 0 Å². The van der Waals surface area contributed by atoms with Gasteiger partial charge in [-0.3, -0.25) is 9.48 Å². The maximum Gasteiger partial charge on any atom is 0.342 e. The summed E-state index contributed by atoms with van der Waals surface area (Å²) in [5, 5.41) is 6.84. The highest BCUT2D eigenvalue weighted by Gasteiger charge is 2.29. The molecule has 0 unspecified atom stereocenters. The number of esters is 1. The number of rotatable bonds is 2. The summed E-state index contributed by atoms with van der Waals surface area (Å²) in [7, 11) is 0. The predicted octanol–water partition coefficient (Wildman–Crippen LogP) is 1.14. The second-order valence-corrected chi connectivity index (χ2v) is 3.51. The summed E-state index contributed by atoms with van der Waals surface area (Å²) in [4.78, 5) is 23.3. The molecule has 0 atom stereocenters. The molecule has 6 nitrogen and oxygen atoms in total. The molecule has 1 aromatic rings. The number of hydrogen-bond donors (Lipinski definition) is 1. The highest BCUT2D eigenvalue weighted by molar-refractivity contribution is 6.05. The summed E-state index contributed by atoms with van der Waals surface area (Å²) in [6.45, 7) is 8.83. The van der Waals surface area contributed by atoms with Gasteiger partial charge in [0.2, 0.25) is 0 Å². The fourth-order valence-corrected chi connectivity index (χ4v) is 1.78. The molecular formula is C12H19N3O3. The lowest BCUT2D eigenvalue weighted by atomic mass is 10.1. The van der Waals surface area contributed by atoms with Gasteiger partial charge >= 0.3 is 5.97 Å². The molecule has 0 aliphatic carbocycles. The number of carbonyl (C=O) groups excluding carboxylic acids is 2. The van der Waals surface area contributed by atoms with E-state index in [0.717, 1.165) is 0 Å². The molecular weight excluding hydrogens is 234 g/mol. The standard InChI is InChI=1S/C10H13N3O3.C2H6/c1-3-16-10(15)7-6(2)12-13-5-4-11-9(14)8(7)13;1-2/h3-5H2,1-2H3,(H,11,14);1-2H3. The first-order valence-corrected chi connectivity index (χ1v) is 6.18. The maximum absolute atomic E-state index is 11.7. The summed E-state index contributed by atoms with van der Waals surface area (Å²) >= 11 is 0. The molecule has 0 saturated carbocycles. The van der Waals surface area contributed by atoms with Crippen LogP contribution in [0, 0.1) is 6.92 Å². The van der Waals surface area contributed by atoms with Crippen molar-refractivity contribution >= 4 is 11.9 Å². The van der Waals surface area contributed by atoms with Crippen molar-refractivity contribution in [1.82, 2.24) is 15.1 Å². The van der Waals surface area contributed by atoms with Gasteiger partial charge in [0.1, 0.15) is 11.3 Å². The highest BCUT2D eigenvalue weighted by atomic mass is 16.5. The van der Waals surface area contributed by atoms with Crippen molar-refractivity contribution in [2.24, 2.45) is 0 Å². The Morgan fingerprint density at radius 1 is 1.50 bits per heavy atom. The van der Waals surface area contributed by atoms with E-state index in [1.807, 2.05) is 13.8 Å². The Morgan fingerprint density at radius 3 is 2.78 bits per heavy atom. The van der Waals surface area contributed by atoms with Crippen LogP contribution >= 0.6 is 0 Å². The number of amides is 1. The lowest BCUT2D eigenvalue weighted by Crippen LogP contribution is -2.36. The molecule has 1 aliphatic rings.